The van der Waals surface area contributed by atoms with E-state index in [-0.39, 0.29) is 0 Å². The van der Waals surface area contributed by atoms with Gasteiger partial charge in [-0.1, -0.05) is 5.10 Å². The van der Waals surface area contributed by atoms with Crippen LogP contribution in [0.15, 0.2) is 0 Å². The molecule has 0 aliphatic rings. The molecular weight excluding hydrogens is 132 g/mol. The maximum atomic E-state index is 5.38. The summed E-state index contributed by atoms with van der Waals surface area (Å²) in [4.78, 5) is 0. The minimum atomic E-state index is 0.364. The SMILES string of the molecule is CCOc1nnc(N)n1C. The van der Waals surface area contributed by atoms with E-state index in [1.807, 2.05) is 6.92 Å². The van der Waals surface area contributed by atoms with E-state index in [0.29, 0.717) is 18.6 Å². The molecule has 0 bridgehead atoms. The van der Waals surface area contributed by atoms with Crippen LogP contribution in [0.3, 0.4) is 0 Å². The second-order valence-electron chi connectivity index (χ2n) is 1.83. The number of nitrogens with zero attached hydrogens (tertiary/aromatic N) is 3. The van der Waals surface area contributed by atoms with Crippen LogP contribution in [-0.4, -0.2) is 21.4 Å². The average Bonchev–Trinajstić information content (AvgIpc) is 2.20. The summed E-state index contributed by atoms with van der Waals surface area (Å²) < 4.78 is 6.65. The van der Waals surface area contributed by atoms with Crippen molar-refractivity contribution in [1.82, 2.24) is 14.8 Å². The fourth-order valence-corrected chi connectivity index (χ4v) is 0.581. The van der Waals surface area contributed by atoms with Crippen LogP contribution in [-0.2, 0) is 7.05 Å². The molecule has 10 heavy (non-hydrogen) atoms. The molecular formula is C5H10N4O. The van der Waals surface area contributed by atoms with Gasteiger partial charge in [-0.25, -0.2) is 0 Å². The summed E-state index contributed by atoms with van der Waals surface area (Å²) >= 11 is 0. The van der Waals surface area contributed by atoms with Crippen molar-refractivity contribution in [3.63, 3.8) is 0 Å². The number of rotatable bonds is 2. The Morgan fingerprint density at radius 3 is 2.70 bits per heavy atom. The highest BCUT2D eigenvalue weighted by Crippen LogP contribution is 2.07. The molecule has 1 aromatic rings. The van der Waals surface area contributed by atoms with Gasteiger partial charge in [0.25, 0.3) is 0 Å². The summed E-state index contributed by atoms with van der Waals surface area (Å²) in [6.07, 6.45) is 0. The number of aromatic nitrogens is 3. The Labute approximate surface area is 58.8 Å². The van der Waals surface area contributed by atoms with E-state index >= 15 is 0 Å². The lowest BCUT2D eigenvalue weighted by Gasteiger charge is -1.99. The molecule has 1 heterocycles. The van der Waals surface area contributed by atoms with E-state index in [4.69, 9.17) is 10.5 Å². The van der Waals surface area contributed by atoms with Crippen molar-refractivity contribution in [3.8, 4) is 6.01 Å². The molecule has 2 N–H and O–H groups in total. The summed E-state index contributed by atoms with van der Waals surface area (Å²) in [5, 5.41) is 7.27. The maximum Gasteiger partial charge on any atom is 0.318 e. The van der Waals surface area contributed by atoms with Gasteiger partial charge in [-0.15, -0.1) is 5.10 Å². The van der Waals surface area contributed by atoms with Gasteiger partial charge in [0.05, 0.1) is 6.61 Å². The molecule has 0 fully saturated rings. The van der Waals surface area contributed by atoms with Crippen LogP contribution in [0.4, 0.5) is 5.95 Å². The maximum absolute atomic E-state index is 5.38. The molecule has 0 atom stereocenters. The van der Waals surface area contributed by atoms with E-state index in [9.17, 15) is 0 Å². The van der Waals surface area contributed by atoms with Crippen LogP contribution >= 0.6 is 0 Å². The first-order chi connectivity index (χ1) is 4.75. The van der Waals surface area contributed by atoms with Gasteiger partial charge in [-0.05, 0) is 6.92 Å². The first-order valence-corrected chi connectivity index (χ1v) is 3.03. The average molecular weight is 142 g/mol. The highest BCUT2D eigenvalue weighted by Gasteiger charge is 2.03. The normalized spacial score (nSPS) is 9.80. The number of nitrogen functional groups attached to an aromatic ring is 1. The predicted molar refractivity (Wildman–Crippen MR) is 36.6 cm³/mol. The van der Waals surface area contributed by atoms with Crippen LogP contribution in [0.5, 0.6) is 6.01 Å². The number of anilines is 1. The Balaban J connectivity index is 2.83. The van der Waals surface area contributed by atoms with Crippen molar-refractivity contribution in [3.05, 3.63) is 0 Å². The van der Waals surface area contributed by atoms with Crippen molar-refractivity contribution < 1.29 is 4.74 Å². The number of hydrogen-bond donors (Lipinski definition) is 1. The molecule has 1 rings (SSSR count). The van der Waals surface area contributed by atoms with E-state index in [2.05, 4.69) is 10.2 Å². The fourth-order valence-electron chi connectivity index (χ4n) is 0.581. The first kappa shape index (κ1) is 6.85. The van der Waals surface area contributed by atoms with Gasteiger partial charge in [0.15, 0.2) is 0 Å². The largest absolute Gasteiger partial charge is 0.464 e. The Morgan fingerprint density at radius 2 is 2.30 bits per heavy atom. The summed E-state index contributed by atoms with van der Waals surface area (Å²) in [7, 11) is 1.75. The quantitative estimate of drug-likeness (QED) is 0.620. The zero-order valence-electron chi connectivity index (χ0n) is 6.03. The fraction of sp³-hybridized carbons (Fsp3) is 0.600. The van der Waals surface area contributed by atoms with Crippen LogP contribution in [0.25, 0.3) is 0 Å². The zero-order valence-corrected chi connectivity index (χ0v) is 6.03. The topological polar surface area (TPSA) is 66.0 Å². The van der Waals surface area contributed by atoms with E-state index in [1.54, 1.807) is 11.6 Å². The standard InChI is InChI=1S/C5H10N4O/c1-3-10-5-8-7-4(6)9(5)2/h3H2,1-2H3,(H2,6,7). The minimum Gasteiger partial charge on any atom is -0.464 e. The molecule has 0 aromatic carbocycles. The molecule has 5 heteroatoms. The summed E-state index contributed by atoms with van der Waals surface area (Å²) in [6, 6.07) is 0.458. The van der Waals surface area contributed by atoms with Gasteiger partial charge in [-0.2, -0.15) is 0 Å². The molecule has 0 aliphatic heterocycles. The van der Waals surface area contributed by atoms with Crippen molar-refractivity contribution in [2.24, 2.45) is 7.05 Å². The summed E-state index contributed by atoms with van der Waals surface area (Å²) in [5.74, 6) is 0.364. The molecule has 0 unspecified atom stereocenters. The lowest BCUT2D eigenvalue weighted by atomic mass is 10.8. The molecule has 0 amide bonds. The highest BCUT2D eigenvalue weighted by atomic mass is 16.5. The third kappa shape index (κ3) is 1.02. The summed E-state index contributed by atoms with van der Waals surface area (Å²) in [6.45, 7) is 2.46. The first-order valence-electron chi connectivity index (χ1n) is 3.03. The molecule has 0 spiro atoms. The van der Waals surface area contributed by atoms with E-state index in [0.717, 1.165) is 0 Å². The Hall–Kier alpha value is -1.26. The molecule has 0 saturated carbocycles. The van der Waals surface area contributed by atoms with Crippen LogP contribution < -0.4 is 10.5 Å². The third-order valence-corrected chi connectivity index (χ3v) is 1.14. The second kappa shape index (κ2) is 2.55. The lowest BCUT2D eigenvalue weighted by molar-refractivity contribution is 0.301. The van der Waals surface area contributed by atoms with Gasteiger partial charge >= 0.3 is 6.01 Å². The van der Waals surface area contributed by atoms with Crippen molar-refractivity contribution in [2.75, 3.05) is 12.3 Å². The molecule has 0 aliphatic carbocycles. The Morgan fingerprint density at radius 1 is 1.60 bits per heavy atom. The minimum absolute atomic E-state index is 0.364. The molecule has 0 saturated heterocycles. The number of ether oxygens (including phenoxy) is 1. The van der Waals surface area contributed by atoms with Crippen molar-refractivity contribution in [1.29, 1.82) is 0 Å². The van der Waals surface area contributed by atoms with Crippen LogP contribution in [0.1, 0.15) is 6.92 Å². The number of hydrogen-bond acceptors (Lipinski definition) is 4. The third-order valence-electron chi connectivity index (χ3n) is 1.14. The molecule has 56 valence electrons. The van der Waals surface area contributed by atoms with Crippen LogP contribution in [0, 0.1) is 0 Å². The van der Waals surface area contributed by atoms with Crippen LogP contribution in [0.2, 0.25) is 0 Å². The van der Waals surface area contributed by atoms with Gasteiger partial charge in [0, 0.05) is 7.05 Å². The summed E-state index contributed by atoms with van der Waals surface area (Å²) in [5.41, 5.74) is 5.38. The predicted octanol–water partition coefficient (Wildman–Crippen LogP) is -0.204. The second-order valence-corrected chi connectivity index (χ2v) is 1.83. The molecule has 0 radical (unpaired) electrons. The van der Waals surface area contributed by atoms with E-state index < -0.39 is 0 Å². The zero-order chi connectivity index (χ0) is 7.56. The Kier molecular flexibility index (Phi) is 1.75. The lowest BCUT2D eigenvalue weighted by Crippen LogP contribution is -2.01. The molecule has 1 aromatic heterocycles. The van der Waals surface area contributed by atoms with Gasteiger partial charge < -0.3 is 10.5 Å². The highest BCUT2D eigenvalue weighted by molar-refractivity contribution is 5.18. The van der Waals surface area contributed by atoms with Gasteiger partial charge in [-0.3, -0.25) is 4.57 Å². The Bertz CT molecular complexity index is 219. The monoisotopic (exact) mass is 142 g/mol. The number of nitrogens with two attached hydrogens (primary N) is 1. The van der Waals surface area contributed by atoms with Crippen molar-refractivity contribution >= 4 is 5.95 Å². The molecule has 5 nitrogen and oxygen atoms in total. The van der Waals surface area contributed by atoms with Gasteiger partial charge in [0.1, 0.15) is 0 Å². The van der Waals surface area contributed by atoms with Gasteiger partial charge in [0.2, 0.25) is 5.95 Å². The smallest absolute Gasteiger partial charge is 0.318 e. The van der Waals surface area contributed by atoms with Crippen molar-refractivity contribution in [2.45, 2.75) is 6.92 Å². The van der Waals surface area contributed by atoms with E-state index in [1.165, 1.54) is 0 Å².